The van der Waals surface area contributed by atoms with Gasteiger partial charge in [0.05, 0.1) is 15.9 Å². The number of aromatic nitrogens is 2. The predicted molar refractivity (Wildman–Crippen MR) is 133 cm³/mol. The molecule has 4 rings (SSSR count). The second-order valence-electron chi connectivity index (χ2n) is 7.89. The molecule has 162 valence electrons. The Morgan fingerprint density at radius 3 is 2.09 bits per heavy atom. The van der Waals surface area contributed by atoms with Gasteiger partial charge in [-0.2, -0.15) is 0 Å². The lowest BCUT2D eigenvalue weighted by Crippen LogP contribution is -2.19. The number of imidazole rings is 1. The monoisotopic (exact) mass is 443 g/mol. The molecule has 0 fully saturated rings. The van der Waals surface area contributed by atoms with Gasteiger partial charge in [-0.05, 0) is 61.9 Å². The molecule has 0 aliphatic carbocycles. The third-order valence-corrected chi connectivity index (χ3v) is 6.41. The first-order valence-electron chi connectivity index (χ1n) is 10.3. The maximum Gasteiger partial charge on any atom is 0.328 e. The van der Waals surface area contributed by atoms with Crippen LogP contribution in [0.25, 0.3) is 17.1 Å². The number of nitrogens with one attached hydrogen (secondary N) is 1. The molecule has 1 aromatic heterocycles. The summed E-state index contributed by atoms with van der Waals surface area (Å²) in [5, 5.41) is 3.00. The van der Waals surface area contributed by atoms with Crippen molar-refractivity contribution in [2.45, 2.75) is 18.7 Å². The van der Waals surface area contributed by atoms with Crippen molar-refractivity contribution in [3.8, 4) is 0 Å². The van der Waals surface area contributed by atoms with Crippen LogP contribution >= 0.6 is 11.8 Å². The highest BCUT2D eigenvalue weighted by molar-refractivity contribution is 8.04. The molecule has 4 aromatic rings. The summed E-state index contributed by atoms with van der Waals surface area (Å²) in [7, 11) is 3.51. The second-order valence-corrected chi connectivity index (χ2v) is 9.01. The van der Waals surface area contributed by atoms with E-state index in [1.165, 1.54) is 17.3 Å². The number of thioether (sulfide) groups is 1. The quantitative estimate of drug-likeness (QED) is 0.338. The summed E-state index contributed by atoms with van der Waals surface area (Å²) in [4.78, 5) is 27.0. The van der Waals surface area contributed by atoms with Crippen molar-refractivity contribution < 1.29 is 4.79 Å². The molecule has 3 aromatic carbocycles. The molecule has 0 unspecified atom stereocenters. The van der Waals surface area contributed by atoms with Gasteiger partial charge in [-0.25, -0.2) is 4.79 Å². The topological polar surface area (TPSA) is 56.0 Å². The van der Waals surface area contributed by atoms with Gasteiger partial charge in [0.2, 0.25) is 0 Å². The van der Waals surface area contributed by atoms with Crippen molar-refractivity contribution in [2.24, 2.45) is 14.1 Å². The first kappa shape index (κ1) is 21.7. The van der Waals surface area contributed by atoms with Gasteiger partial charge in [-0.15, -0.1) is 0 Å². The van der Waals surface area contributed by atoms with Crippen LogP contribution in [0.2, 0.25) is 0 Å². The van der Waals surface area contributed by atoms with E-state index in [4.69, 9.17) is 0 Å². The summed E-state index contributed by atoms with van der Waals surface area (Å²) < 4.78 is 3.24. The van der Waals surface area contributed by atoms with Crippen molar-refractivity contribution in [1.29, 1.82) is 0 Å². The van der Waals surface area contributed by atoms with E-state index in [2.05, 4.69) is 5.32 Å². The highest BCUT2D eigenvalue weighted by Gasteiger charge is 2.14. The molecule has 0 aliphatic heterocycles. The molecule has 0 spiro atoms. The minimum absolute atomic E-state index is 0.0764. The number of hydrogen-bond donors (Lipinski definition) is 1. The zero-order chi connectivity index (χ0) is 22.8. The number of carbonyl (C=O) groups excluding carboxylic acids is 1. The minimum atomic E-state index is -0.179. The van der Waals surface area contributed by atoms with E-state index in [0.717, 1.165) is 32.7 Å². The summed E-state index contributed by atoms with van der Waals surface area (Å²) in [5.74, 6) is -0.179. The van der Waals surface area contributed by atoms with E-state index >= 15 is 0 Å². The highest BCUT2D eigenvalue weighted by atomic mass is 32.2. The number of benzene rings is 3. The molecule has 0 saturated heterocycles. The molecule has 1 amide bonds. The third kappa shape index (κ3) is 4.55. The van der Waals surface area contributed by atoms with Gasteiger partial charge in [0, 0.05) is 24.7 Å². The number of rotatable bonds is 5. The van der Waals surface area contributed by atoms with Crippen LogP contribution in [0.5, 0.6) is 0 Å². The number of nitrogens with zero attached hydrogens (tertiary/aromatic N) is 2. The number of anilines is 1. The largest absolute Gasteiger partial charge is 0.328 e. The standard InChI is InChI=1S/C26H25N3O2S/c1-17-5-10-20(11-6-17)27-25(30)24(32-21-12-7-18(2)8-13-21)16-19-9-14-22-23(15-19)29(4)26(31)28(22)3/h5-16H,1-4H3,(H,27,30). The normalized spacial score (nSPS) is 11.7. The van der Waals surface area contributed by atoms with Gasteiger partial charge in [0.25, 0.3) is 5.91 Å². The number of hydrogen-bond acceptors (Lipinski definition) is 3. The fourth-order valence-corrected chi connectivity index (χ4v) is 4.33. The van der Waals surface area contributed by atoms with Gasteiger partial charge in [-0.3, -0.25) is 13.9 Å². The number of fused-ring (bicyclic) bond motifs is 1. The Morgan fingerprint density at radius 1 is 0.844 bits per heavy atom. The van der Waals surface area contributed by atoms with Crippen molar-refractivity contribution in [3.63, 3.8) is 0 Å². The summed E-state index contributed by atoms with van der Waals surface area (Å²) in [6.45, 7) is 4.05. The molecule has 0 atom stereocenters. The van der Waals surface area contributed by atoms with Crippen LogP contribution in [-0.2, 0) is 18.9 Å². The van der Waals surface area contributed by atoms with Gasteiger partial charge in [0.15, 0.2) is 0 Å². The lowest BCUT2D eigenvalue weighted by Gasteiger charge is -2.10. The average molecular weight is 444 g/mol. The molecule has 1 N–H and O–H groups in total. The Bertz CT molecular complexity index is 1380. The number of carbonyl (C=O) groups is 1. The summed E-state index contributed by atoms with van der Waals surface area (Å²) >= 11 is 1.42. The van der Waals surface area contributed by atoms with Crippen LogP contribution in [0.3, 0.4) is 0 Å². The lowest BCUT2D eigenvalue weighted by molar-refractivity contribution is -0.112. The Hall–Kier alpha value is -3.51. The Kier molecular flexibility index (Phi) is 6.06. The van der Waals surface area contributed by atoms with E-state index < -0.39 is 0 Å². The molecule has 6 heteroatoms. The second kappa shape index (κ2) is 8.93. The molecule has 0 aliphatic rings. The van der Waals surface area contributed by atoms with E-state index in [9.17, 15) is 9.59 Å². The van der Waals surface area contributed by atoms with Crippen molar-refractivity contribution in [2.75, 3.05) is 5.32 Å². The summed E-state index contributed by atoms with van der Waals surface area (Å²) in [6.07, 6.45) is 1.87. The van der Waals surface area contributed by atoms with Crippen LogP contribution in [0.4, 0.5) is 5.69 Å². The Morgan fingerprint density at radius 2 is 1.44 bits per heavy atom. The average Bonchev–Trinajstić information content (AvgIpc) is 3.00. The van der Waals surface area contributed by atoms with Gasteiger partial charge < -0.3 is 5.32 Å². The molecule has 0 saturated carbocycles. The lowest BCUT2D eigenvalue weighted by atomic mass is 10.1. The predicted octanol–water partition coefficient (Wildman–Crippen LogP) is 5.27. The SMILES string of the molecule is Cc1ccc(NC(=O)C(=Cc2ccc3c(c2)n(C)c(=O)n3C)Sc2ccc(C)cc2)cc1. The Balaban J connectivity index is 1.72. The van der Waals surface area contributed by atoms with Crippen LogP contribution in [0.1, 0.15) is 16.7 Å². The molecule has 5 nitrogen and oxygen atoms in total. The molecular weight excluding hydrogens is 418 g/mol. The van der Waals surface area contributed by atoms with E-state index in [0.29, 0.717) is 4.91 Å². The maximum atomic E-state index is 13.2. The highest BCUT2D eigenvalue weighted by Crippen LogP contribution is 2.30. The first-order chi connectivity index (χ1) is 15.3. The van der Waals surface area contributed by atoms with E-state index in [-0.39, 0.29) is 11.6 Å². The van der Waals surface area contributed by atoms with Crippen LogP contribution < -0.4 is 11.0 Å². The van der Waals surface area contributed by atoms with Crippen molar-refractivity contribution in [3.05, 3.63) is 98.8 Å². The van der Waals surface area contributed by atoms with Gasteiger partial charge >= 0.3 is 5.69 Å². The van der Waals surface area contributed by atoms with E-state index in [1.807, 2.05) is 86.7 Å². The van der Waals surface area contributed by atoms with Crippen LogP contribution in [0, 0.1) is 13.8 Å². The van der Waals surface area contributed by atoms with Crippen LogP contribution in [-0.4, -0.2) is 15.0 Å². The molecule has 0 radical (unpaired) electrons. The third-order valence-electron chi connectivity index (χ3n) is 5.38. The number of aryl methyl sites for hydroxylation is 4. The fraction of sp³-hybridized carbons (Fsp3) is 0.154. The van der Waals surface area contributed by atoms with Gasteiger partial charge in [0.1, 0.15) is 0 Å². The van der Waals surface area contributed by atoms with Crippen LogP contribution in [0.15, 0.2) is 81.3 Å². The smallest absolute Gasteiger partial charge is 0.322 e. The molecular formula is C26H25N3O2S. The maximum absolute atomic E-state index is 13.2. The number of amides is 1. The van der Waals surface area contributed by atoms with Gasteiger partial charge in [-0.1, -0.05) is 53.2 Å². The Labute approximate surface area is 191 Å². The van der Waals surface area contributed by atoms with Crippen molar-refractivity contribution in [1.82, 2.24) is 9.13 Å². The summed E-state index contributed by atoms with van der Waals surface area (Å²) in [5.41, 5.74) is 5.50. The molecule has 32 heavy (non-hydrogen) atoms. The minimum Gasteiger partial charge on any atom is -0.322 e. The zero-order valence-corrected chi connectivity index (χ0v) is 19.4. The zero-order valence-electron chi connectivity index (χ0n) is 18.5. The first-order valence-corrected chi connectivity index (χ1v) is 11.1. The summed E-state index contributed by atoms with van der Waals surface area (Å²) in [6, 6.07) is 21.6. The van der Waals surface area contributed by atoms with Crippen molar-refractivity contribution >= 4 is 40.5 Å². The fourth-order valence-electron chi connectivity index (χ4n) is 3.47. The molecule has 0 bridgehead atoms. The molecule has 1 heterocycles. The van der Waals surface area contributed by atoms with E-state index in [1.54, 1.807) is 23.2 Å².